The van der Waals surface area contributed by atoms with E-state index in [0.717, 1.165) is 5.56 Å². The number of amides is 1. The van der Waals surface area contributed by atoms with Crippen molar-refractivity contribution in [3.63, 3.8) is 0 Å². The minimum absolute atomic E-state index is 0.148. The Balaban J connectivity index is 2.60. The molecule has 1 aromatic carbocycles. The van der Waals surface area contributed by atoms with E-state index in [1.165, 1.54) is 12.1 Å². The summed E-state index contributed by atoms with van der Waals surface area (Å²) in [6.07, 6.45) is 0.233. The zero-order chi connectivity index (χ0) is 13.1. The quantitative estimate of drug-likeness (QED) is 0.572. The molecule has 0 aliphatic rings. The number of hydrogen-bond donors (Lipinski definition) is 4. The summed E-state index contributed by atoms with van der Waals surface area (Å²) in [5.74, 6) is -0.668. The monoisotopic (exact) mass is 238 g/mol. The van der Waals surface area contributed by atoms with Gasteiger partial charge in [-0.25, -0.2) is 0 Å². The van der Waals surface area contributed by atoms with E-state index >= 15 is 0 Å². The number of carbonyl (C=O) groups excluding carboxylic acids is 1. The Labute approximate surface area is 100 Å². The molecule has 0 aliphatic heterocycles. The van der Waals surface area contributed by atoms with E-state index in [0.29, 0.717) is 6.54 Å². The number of carbonyl (C=O) groups is 1. The van der Waals surface area contributed by atoms with Crippen LogP contribution < -0.4 is 11.1 Å². The van der Waals surface area contributed by atoms with Gasteiger partial charge in [-0.05, 0) is 31.5 Å². The molecule has 5 nitrogen and oxygen atoms in total. The molecule has 0 saturated heterocycles. The maximum atomic E-state index is 10.8. The van der Waals surface area contributed by atoms with Crippen LogP contribution in [0.5, 0.6) is 11.5 Å². The van der Waals surface area contributed by atoms with E-state index in [4.69, 9.17) is 10.8 Å². The van der Waals surface area contributed by atoms with Gasteiger partial charge in [0.05, 0.1) is 0 Å². The first kappa shape index (κ1) is 13.3. The second-order valence-electron chi connectivity index (χ2n) is 4.70. The lowest BCUT2D eigenvalue weighted by Crippen LogP contribution is -2.42. The molecule has 1 amide bonds. The fourth-order valence-electron chi connectivity index (χ4n) is 1.52. The molecule has 0 aromatic heterocycles. The summed E-state index contributed by atoms with van der Waals surface area (Å²) < 4.78 is 0. The molecule has 17 heavy (non-hydrogen) atoms. The van der Waals surface area contributed by atoms with Crippen molar-refractivity contribution in [2.24, 2.45) is 5.73 Å². The molecule has 0 saturated carbocycles. The first-order valence-electron chi connectivity index (χ1n) is 5.34. The van der Waals surface area contributed by atoms with Crippen molar-refractivity contribution in [2.45, 2.75) is 32.4 Å². The third-order valence-electron chi connectivity index (χ3n) is 2.43. The van der Waals surface area contributed by atoms with E-state index < -0.39 is 5.54 Å². The highest BCUT2D eigenvalue weighted by Gasteiger charge is 2.19. The van der Waals surface area contributed by atoms with Crippen molar-refractivity contribution in [1.82, 2.24) is 5.32 Å². The van der Waals surface area contributed by atoms with Crippen molar-refractivity contribution in [1.29, 1.82) is 0 Å². The molecule has 0 unspecified atom stereocenters. The predicted molar refractivity (Wildman–Crippen MR) is 64.5 cm³/mol. The molecule has 1 aromatic rings. The highest BCUT2D eigenvalue weighted by Crippen LogP contribution is 2.25. The number of hydrogen-bond acceptors (Lipinski definition) is 4. The Morgan fingerprint density at radius 1 is 1.35 bits per heavy atom. The highest BCUT2D eigenvalue weighted by atomic mass is 16.3. The molecule has 0 aliphatic carbocycles. The Morgan fingerprint density at radius 3 is 2.53 bits per heavy atom. The van der Waals surface area contributed by atoms with Crippen LogP contribution in [-0.4, -0.2) is 21.7 Å². The largest absolute Gasteiger partial charge is 0.504 e. The fourth-order valence-corrected chi connectivity index (χ4v) is 1.52. The smallest absolute Gasteiger partial charge is 0.219 e. The number of phenolic OH excluding ortho intramolecular Hbond substituents is 2. The van der Waals surface area contributed by atoms with E-state index in [-0.39, 0.29) is 23.8 Å². The molecule has 5 heteroatoms. The maximum Gasteiger partial charge on any atom is 0.219 e. The summed E-state index contributed by atoms with van der Waals surface area (Å²) in [7, 11) is 0. The minimum Gasteiger partial charge on any atom is -0.504 e. The Morgan fingerprint density at radius 2 is 2.00 bits per heavy atom. The van der Waals surface area contributed by atoms with Crippen LogP contribution in [-0.2, 0) is 11.3 Å². The summed E-state index contributed by atoms with van der Waals surface area (Å²) in [6, 6.07) is 4.60. The van der Waals surface area contributed by atoms with E-state index in [1.54, 1.807) is 6.07 Å². The first-order chi connectivity index (χ1) is 7.80. The topological polar surface area (TPSA) is 95.6 Å². The number of phenols is 2. The van der Waals surface area contributed by atoms with Gasteiger partial charge in [0.2, 0.25) is 5.91 Å². The zero-order valence-electron chi connectivity index (χ0n) is 10.0. The SMILES string of the molecule is CC(C)(CC(N)=O)NCc1ccc(O)c(O)c1. The molecule has 5 N–H and O–H groups in total. The first-order valence-corrected chi connectivity index (χ1v) is 5.34. The standard InChI is InChI=1S/C12H18N2O3/c1-12(2,6-11(13)17)14-7-8-3-4-9(15)10(16)5-8/h3-5,14-16H,6-7H2,1-2H3,(H2,13,17). The third kappa shape index (κ3) is 4.32. The van der Waals surface area contributed by atoms with Crippen molar-refractivity contribution < 1.29 is 15.0 Å². The average Bonchev–Trinajstić information content (AvgIpc) is 2.18. The average molecular weight is 238 g/mol. The normalized spacial score (nSPS) is 11.4. The van der Waals surface area contributed by atoms with Gasteiger partial charge in [0.15, 0.2) is 11.5 Å². The van der Waals surface area contributed by atoms with Gasteiger partial charge < -0.3 is 21.3 Å². The molecular formula is C12H18N2O3. The van der Waals surface area contributed by atoms with Gasteiger partial charge in [0.1, 0.15) is 0 Å². The van der Waals surface area contributed by atoms with Crippen molar-refractivity contribution in [3.05, 3.63) is 23.8 Å². The molecule has 0 bridgehead atoms. The summed E-state index contributed by atoms with van der Waals surface area (Å²) >= 11 is 0. The van der Waals surface area contributed by atoms with E-state index in [9.17, 15) is 9.90 Å². The van der Waals surface area contributed by atoms with Gasteiger partial charge in [-0.15, -0.1) is 0 Å². The molecule has 0 atom stereocenters. The second kappa shape index (κ2) is 5.05. The zero-order valence-corrected chi connectivity index (χ0v) is 10.0. The highest BCUT2D eigenvalue weighted by molar-refractivity contribution is 5.75. The van der Waals surface area contributed by atoms with Crippen LogP contribution in [0.15, 0.2) is 18.2 Å². The van der Waals surface area contributed by atoms with Crippen LogP contribution in [0, 0.1) is 0 Å². The fraction of sp³-hybridized carbons (Fsp3) is 0.417. The van der Waals surface area contributed by atoms with Crippen LogP contribution in [0.3, 0.4) is 0 Å². The summed E-state index contributed by atoms with van der Waals surface area (Å²) in [5, 5.41) is 21.6. The number of benzene rings is 1. The maximum absolute atomic E-state index is 10.8. The Bertz CT molecular complexity index is 416. The van der Waals surface area contributed by atoms with Crippen molar-refractivity contribution >= 4 is 5.91 Å². The lowest BCUT2D eigenvalue weighted by molar-refractivity contribution is -0.119. The van der Waals surface area contributed by atoms with Gasteiger partial charge in [-0.2, -0.15) is 0 Å². The van der Waals surface area contributed by atoms with Crippen LogP contribution in [0.2, 0.25) is 0 Å². The number of nitrogens with one attached hydrogen (secondary N) is 1. The van der Waals surface area contributed by atoms with Crippen molar-refractivity contribution in [2.75, 3.05) is 0 Å². The molecular weight excluding hydrogens is 220 g/mol. The molecule has 0 spiro atoms. The molecule has 0 radical (unpaired) electrons. The molecule has 1 rings (SSSR count). The van der Waals surface area contributed by atoms with E-state index in [1.807, 2.05) is 13.8 Å². The van der Waals surface area contributed by atoms with E-state index in [2.05, 4.69) is 5.32 Å². The van der Waals surface area contributed by atoms with Crippen LogP contribution in [0.25, 0.3) is 0 Å². The molecule has 94 valence electrons. The lowest BCUT2D eigenvalue weighted by atomic mass is 10.00. The number of nitrogens with two attached hydrogens (primary N) is 1. The molecule has 0 fully saturated rings. The van der Waals surface area contributed by atoms with Gasteiger partial charge in [-0.1, -0.05) is 6.07 Å². The third-order valence-corrected chi connectivity index (χ3v) is 2.43. The van der Waals surface area contributed by atoms with Gasteiger partial charge in [0, 0.05) is 18.5 Å². The van der Waals surface area contributed by atoms with Crippen LogP contribution >= 0.6 is 0 Å². The number of primary amides is 1. The van der Waals surface area contributed by atoms with Gasteiger partial charge in [0.25, 0.3) is 0 Å². The van der Waals surface area contributed by atoms with Gasteiger partial charge >= 0.3 is 0 Å². The van der Waals surface area contributed by atoms with Gasteiger partial charge in [-0.3, -0.25) is 4.79 Å². The second-order valence-corrected chi connectivity index (χ2v) is 4.70. The van der Waals surface area contributed by atoms with Crippen LogP contribution in [0.4, 0.5) is 0 Å². The van der Waals surface area contributed by atoms with Crippen molar-refractivity contribution in [3.8, 4) is 11.5 Å². The molecule has 0 heterocycles. The Hall–Kier alpha value is -1.75. The minimum atomic E-state index is -0.403. The summed E-state index contributed by atoms with van der Waals surface area (Å²) in [5.41, 5.74) is 5.55. The number of aromatic hydroxyl groups is 2. The number of rotatable bonds is 5. The summed E-state index contributed by atoms with van der Waals surface area (Å²) in [4.78, 5) is 10.8. The summed E-state index contributed by atoms with van der Waals surface area (Å²) in [6.45, 7) is 4.23. The Kier molecular flexibility index (Phi) is 3.96. The lowest BCUT2D eigenvalue weighted by Gasteiger charge is -2.24. The predicted octanol–water partition coefficient (Wildman–Crippen LogP) is 0.841. The van der Waals surface area contributed by atoms with Crippen LogP contribution in [0.1, 0.15) is 25.8 Å².